The van der Waals surface area contributed by atoms with Gasteiger partial charge in [-0.15, -0.1) is 0 Å². The largest absolute Gasteiger partial charge is 0.457 e. The van der Waals surface area contributed by atoms with Gasteiger partial charge in [0.1, 0.15) is 12.4 Å². The monoisotopic (exact) mass is 474 g/mol. The van der Waals surface area contributed by atoms with E-state index in [1.807, 2.05) is 48.5 Å². The average Bonchev–Trinajstić information content (AvgIpc) is 3.34. The van der Waals surface area contributed by atoms with Crippen LogP contribution in [0.4, 0.5) is 9.18 Å². The highest BCUT2D eigenvalue weighted by atomic mass is 19.1. The minimum Gasteiger partial charge on any atom is -0.457 e. The number of carbonyl (C=O) groups excluding carboxylic acids is 2. The van der Waals surface area contributed by atoms with E-state index in [4.69, 9.17) is 14.2 Å². The summed E-state index contributed by atoms with van der Waals surface area (Å²) in [5, 5.41) is 5.50. The maximum Gasteiger partial charge on any atom is 0.338 e. The van der Waals surface area contributed by atoms with Gasteiger partial charge in [0.15, 0.2) is 11.5 Å². The molecular weight excluding hydrogens is 451 g/mol. The summed E-state index contributed by atoms with van der Waals surface area (Å²) in [6.07, 6.45) is 0.881. The topological polar surface area (TPSA) is 85.9 Å². The van der Waals surface area contributed by atoms with Crippen molar-refractivity contribution in [2.24, 2.45) is 0 Å². The molecule has 178 valence electrons. The molecule has 3 aromatic carbocycles. The maximum atomic E-state index is 14.0. The molecule has 35 heavy (non-hydrogen) atoms. The molecule has 0 spiro atoms. The Bertz CT molecular complexity index is 1290. The highest BCUT2D eigenvalue weighted by molar-refractivity contribution is 5.95. The number of benzene rings is 3. The molecule has 2 heterocycles. The molecule has 0 aliphatic carbocycles. The molecule has 2 amide bonds. The van der Waals surface area contributed by atoms with Crippen molar-refractivity contribution in [3.63, 3.8) is 0 Å². The van der Waals surface area contributed by atoms with Gasteiger partial charge < -0.3 is 24.8 Å². The Balaban J connectivity index is 1.44. The Morgan fingerprint density at radius 3 is 2.60 bits per heavy atom. The van der Waals surface area contributed by atoms with E-state index in [0.29, 0.717) is 35.6 Å². The molecular formula is C27H23FN2O5. The van der Waals surface area contributed by atoms with Crippen molar-refractivity contribution in [2.45, 2.75) is 25.5 Å². The van der Waals surface area contributed by atoms with Crippen molar-refractivity contribution >= 4 is 12.0 Å². The summed E-state index contributed by atoms with van der Waals surface area (Å²) in [5.74, 6) is 0.288. The molecule has 2 aliphatic heterocycles. The molecule has 0 saturated heterocycles. The van der Waals surface area contributed by atoms with Crippen LogP contribution < -0.4 is 20.1 Å². The van der Waals surface area contributed by atoms with Gasteiger partial charge in [-0.05, 0) is 53.8 Å². The SMILES string of the molecule is O=C1NC(CCc2ccc3c(c2)OCO3)=C(C(=O)OCc2ccccc2)C(c2cccc(F)c2)N1. The summed E-state index contributed by atoms with van der Waals surface area (Å²) in [5.41, 5.74) is 2.91. The molecule has 7 nitrogen and oxygen atoms in total. The second-order valence-corrected chi connectivity index (χ2v) is 8.23. The van der Waals surface area contributed by atoms with Gasteiger partial charge in [0, 0.05) is 5.70 Å². The maximum absolute atomic E-state index is 14.0. The highest BCUT2D eigenvalue weighted by Gasteiger charge is 2.34. The van der Waals surface area contributed by atoms with Gasteiger partial charge in [0.05, 0.1) is 11.6 Å². The number of urea groups is 1. The van der Waals surface area contributed by atoms with Crippen molar-refractivity contribution in [2.75, 3.05) is 6.79 Å². The lowest BCUT2D eigenvalue weighted by Gasteiger charge is -2.29. The number of halogens is 1. The fourth-order valence-corrected chi connectivity index (χ4v) is 4.16. The molecule has 0 saturated carbocycles. The minimum absolute atomic E-state index is 0.0719. The van der Waals surface area contributed by atoms with Gasteiger partial charge in [-0.1, -0.05) is 48.5 Å². The van der Waals surface area contributed by atoms with E-state index in [9.17, 15) is 14.0 Å². The molecule has 8 heteroatoms. The number of fused-ring (bicyclic) bond motifs is 1. The zero-order valence-electron chi connectivity index (χ0n) is 18.8. The molecule has 5 rings (SSSR count). The quantitative estimate of drug-likeness (QED) is 0.491. The van der Waals surface area contributed by atoms with E-state index >= 15 is 0 Å². The number of allylic oxidation sites excluding steroid dienone is 1. The van der Waals surface area contributed by atoms with Gasteiger partial charge in [0.2, 0.25) is 6.79 Å². The average molecular weight is 474 g/mol. The van der Waals surface area contributed by atoms with E-state index < -0.39 is 23.9 Å². The van der Waals surface area contributed by atoms with E-state index in [1.54, 1.807) is 6.07 Å². The lowest BCUT2D eigenvalue weighted by atomic mass is 9.93. The number of ether oxygens (including phenoxy) is 3. The number of amides is 2. The van der Waals surface area contributed by atoms with E-state index in [-0.39, 0.29) is 19.0 Å². The van der Waals surface area contributed by atoms with E-state index in [2.05, 4.69) is 10.6 Å². The predicted octanol–water partition coefficient (Wildman–Crippen LogP) is 4.54. The van der Waals surface area contributed by atoms with Crippen LogP contribution in [0.25, 0.3) is 0 Å². The highest BCUT2D eigenvalue weighted by Crippen LogP contribution is 2.34. The molecule has 2 aliphatic rings. The standard InChI is InChI=1S/C27H23FN2O5/c28-20-8-4-7-19(14-20)25-24(26(31)33-15-18-5-2-1-3-6-18)21(29-27(32)30-25)11-9-17-10-12-22-23(13-17)35-16-34-22/h1-8,10,12-14,25H,9,11,15-16H2,(H2,29,30,32). The smallest absolute Gasteiger partial charge is 0.338 e. The van der Waals surface area contributed by atoms with E-state index in [1.165, 1.54) is 18.2 Å². The lowest BCUT2D eigenvalue weighted by Crippen LogP contribution is -2.46. The Hall–Kier alpha value is -4.33. The Morgan fingerprint density at radius 1 is 0.943 bits per heavy atom. The number of carbonyl (C=O) groups is 2. The fourth-order valence-electron chi connectivity index (χ4n) is 4.16. The van der Waals surface area contributed by atoms with Crippen LogP contribution in [0.15, 0.2) is 84.1 Å². The van der Waals surface area contributed by atoms with Gasteiger partial charge in [-0.2, -0.15) is 0 Å². The number of esters is 1. The zero-order chi connectivity index (χ0) is 24.2. The second-order valence-electron chi connectivity index (χ2n) is 8.23. The lowest BCUT2D eigenvalue weighted by molar-refractivity contribution is -0.140. The van der Waals surface area contributed by atoms with E-state index in [0.717, 1.165) is 11.1 Å². The van der Waals surface area contributed by atoms with Gasteiger partial charge in [-0.3, -0.25) is 0 Å². The summed E-state index contributed by atoms with van der Waals surface area (Å²) in [4.78, 5) is 25.8. The molecule has 3 aromatic rings. The summed E-state index contributed by atoms with van der Waals surface area (Å²) in [6, 6.07) is 19.4. The van der Waals surface area contributed by atoms with Gasteiger partial charge in [-0.25, -0.2) is 14.0 Å². The van der Waals surface area contributed by atoms with Crippen molar-refractivity contribution in [3.8, 4) is 11.5 Å². The Labute approximate surface area is 201 Å². The number of rotatable bonds is 7. The third kappa shape index (κ3) is 5.11. The third-order valence-corrected chi connectivity index (χ3v) is 5.87. The number of hydrogen-bond donors (Lipinski definition) is 2. The second kappa shape index (κ2) is 9.89. The van der Waals surface area contributed by atoms with Crippen LogP contribution in [0.3, 0.4) is 0 Å². The summed E-state index contributed by atoms with van der Waals surface area (Å²) in [6.45, 7) is 0.251. The van der Waals surface area contributed by atoms with Crippen LogP contribution in [-0.4, -0.2) is 18.8 Å². The predicted molar refractivity (Wildman–Crippen MR) is 125 cm³/mol. The molecule has 0 bridgehead atoms. The first-order chi connectivity index (χ1) is 17.1. The molecule has 0 radical (unpaired) electrons. The van der Waals surface area contributed by atoms with Crippen LogP contribution >= 0.6 is 0 Å². The van der Waals surface area contributed by atoms with Crippen LogP contribution in [0, 0.1) is 5.82 Å². The first kappa shape index (κ1) is 22.5. The van der Waals surface area contributed by atoms with Crippen LogP contribution in [-0.2, 0) is 22.6 Å². The molecule has 0 aromatic heterocycles. The molecule has 1 unspecified atom stereocenters. The summed E-state index contributed by atoms with van der Waals surface area (Å²) in [7, 11) is 0. The number of nitrogens with one attached hydrogen (secondary N) is 2. The van der Waals surface area contributed by atoms with Crippen molar-refractivity contribution in [1.29, 1.82) is 0 Å². The first-order valence-corrected chi connectivity index (χ1v) is 11.2. The van der Waals surface area contributed by atoms with Gasteiger partial charge in [0.25, 0.3) is 0 Å². The Kier molecular flexibility index (Phi) is 6.34. The molecule has 1 atom stereocenters. The normalized spacial score (nSPS) is 16.5. The summed E-state index contributed by atoms with van der Waals surface area (Å²) < 4.78 is 30.4. The van der Waals surface area contributed by atoms with Crippen LogP contribution in [0.1, 0.15) is 29.2 Å². The third-order valence-electron chi connectivity index (χ3n) is 5.87. The van der Waals surface area contributed by atoms with Crippen LogP contribution in [0.2, 0.25) is 0 Å². The Morgan fingerprint density at radius 2 is 1.77 bits per heavy atom. The molecule has 0 fully saturated rings. The van der Waals surface area contributed by atoms with Crippen molar-refractivity contribution in [1.82, 2.24) is 10.6 Å². The fraction of sp³-hybridized carbons (Fsp3) is 0.185. The van der Waals surface area contributed by atoms with Gasteiger partial charge >= 0.3 is 12.0 Å². The molecule has 2 N–H and O–H groups in total. The number of hydrogen-bond acceptors (Lipinski definition) is 5. The van der Waals surface area contributed by atoms with Crippen molar-refractivity contribution in [3.05, 3.63) is 107 Å². The van der Waals surface area contributed by atoms with Crippen LogP contribution in [0.5, 0.6) is 11.5 Å². The summed E-state index contributed by atoms with van der Waals surface area (Å²) >= 11 is 0. The minimum atomic E-state index is -0.852. The number of aryl methyl sites for hydroxylation is 1. The zero-order valence-corrected chi connectivity index (χ0v) is 18.8. The first-order valence-electron chi connectivity index (χ1n) is 11.2. The van der Waals surface area contributed by atoms with Crippen molar-refractivity contribution < 1.29 is 28.2 Å².